The van der Waals surface area contributed by atoms with Gasteiger partial charge in [-0.15, -0.1) is 11.8 Å². The van der Waals surface area contributed by atoms with Gasteiger partial charge in [0.15, 0.2) is 0 Å². The quantitative estimate of drug-likeness (QED) is 0.754. The fourth-order valence-electron chi connectivity index (χ4n) is 1.01. The van der Waals surface area contributed by atoms with Crippen LogP contribution in [0.1, 0.15) is 19.0 Å². The van der Waals surface area contributed by atoms with E-state index in [4.69, 9.17) is 0 Å². The van der Waals surface area contributed by atoms with Crippen LogP contribution in [0.3, 0.4) is 0 Å². The van der Waals surface area contributed by atoms with E-state index in [1.54, 1.807) is 24.7 Å². The Morgan fingerprint density at radius 2 is 2.36 bits per heavy atom. The summed E-state index contributed by atoms with van der Waals surface area (Å²) in [5.41, 5.74) is 0.670. The third kappa shape index (κ3) is 2.46. The molecule has 0 amide bonds. The van der Waals surface area contributed by atoms with E-state index in [1.807, 2.05) is 0 Å². The van der Waals surface area contributed by atoms with E-state index < -0.39 is 0 Å². The molecule has 14 heavy (non-hydrogen) atoms. The number of aromatic nitrogens is 2. The second-order valence-corrected chi connectivity index (χ2v) is 3.61. The standard InChI is InChI=1S/C10H11BrN2O/c1-3-4-5-6-13-7-12-8(2)9(11)10(13)14/h7H,5-6H2,1-2H3. The largest absolute Gasteiger partial charge is 0.297 e. The molecule has 74 valence electrons. The van der Waals surface area contributed by atoms with Crippen LogP contribution in [0.25, 0.3) is 0 Å². The highest BCUT2D eigenvalue weighted by Gasteiger charge is 2.03. The molecular formula is C10H11BrN2O. The molecule has 0 unspecified atom stereocenters. The topological polar surface area (TPSA) is 34.9 Å². The molecule has 0 saturated heterocycles. The van der Waals surface area contributed by atoms with Crippen LogP contribution in [-0.2, 0) is 6.54 Å². The molecule has 1 rings (SSSR count). The van der Waals surface area contributed by atoms with Crippen molar-refractivity contribution >= 4 is 15.9 Å². The summed E-state index contributed by atoms with van der Waals surface area (Å²) in [4.78, 5) is 15.7. The van der Waals surface area contributed by atoms with Crippen LogP contribution in [0, 0.1) is 18.8 Å². The number of hydrogen-bond acceptors (Lipinski definition) is 2. The van der Waals surface area contributed by atoms with Gasteiger partial charge in [-0.05, 0) is 29.8 Å². The lowest BCUT2D eigenvalue weighted by Crippen LogP contribution is -2.22. The van der Waals surface area contributed by atoms with Crippen LogP contribution in [0.4, 0.5) is 0 Å². The maximum absolute atomic E-state index is 11.6. The Bertz CT molecular complexity index is 440. The van der Waals surface area contributed by atoms with E-state index in [2.05, 4.69) is 32.8 Å². The van der Waals surface area contributed by atoms with E-state index in [9.17, 15) is 4.79 Å². The van der Waals surface area contributed by atoms with Crippen LogP contribution in [0.2, 0.25) is 0 Å². The highest BCUT2D eigenvalue weighted by atomic mass is 79.9. The third-order valence-electron chi connectivity index (χ3n) is 1.81. The number of aryl methyl sites for hydroxylation is 2. The van der Waals surface area contributed by atoms with Gasteiger partial charge in [-0.25, -0.2) is 4.98 Å². The molecule has 4 heteroatoms. The molecule has 1 aromatic rings. The van der Waals surface area contributed by atoms with E-state index in [0.717, 1.165) is 0 Å². The van der Waals surface area contributed by atoms with Gasteiger partial charge >= 0.3 is 0 Å². The number of halogens is 1. The molecule has 1 aromatic heterocycles. The molecule has 0 aromatic carbocycles. The Labute approximate surface area is 91.3 Å². The van der Waals surface area contributed by atoms with Crippen molar-refractivity contribution in [1.29, 1.82) is 0 Å². The highest BCUT2D eigenvalue weighted by molar-refractivity contribution is 9.10. The predicted octanol–water partition coefficient (Wildman–Crippen LogP) is 1.73. The second-order valence-electron chi connectivity index (χ2n) is 2.82. The average molecular weight is 255 g/mol. The maximum Gasteiger partial charge on any atom is 0.267 e. The summed E-state index contributed by atoms with van der Waals surface area (Å²) in [5, 5.41) is 0. The van der Waals surface area contributed by atoms with Gasteiger partial charge in [-0.2, -0.15) is 0 Å². The van der Waals surface area contributed by atoms with Gasteiger partial charge in [0.1, 0.15) is 4.47 Å². The SMILES string of the molecule is CC#CCCn1cnc(C)c(Br)c1=O. The van der Waals surface area contributed by atoms with Gasteiger partial charge in [-0.3, -0.25) is 9.36 Å². The van der Waals surface area contributed by atoms with Crippen LogP contribution >= 0.6 is 15.9 Å². The first-order valence-electron chi connectivity index (χ1n) is 4.28. The Hall–Kier alpha value is -1.08. The lowest BCUT2D eigenvalue weighted by atomic mass is 10.4. The zero-order valence-corrected chi connectivity index (χ0v) is 9.76. The smallest absolute Gasteiger partial charge is 0.267 e. The molecule has 0 N–H and O–H groups in total. The Balaban J connectivity index is 2.93. The van der Waals surface area contributed by atoms with Gasteiger partial charge in [0.2, 0.25) is 0 Å². The minimum atomic E-state index is -0.0459. The minimum Gasteiger partial charge on any atom is -0.297 e. The molecule has 0 atom stereocenters. The van der Waals surface area contributed by atoms with Crippen LogP contribution < -0.4 is 5.56 Å². The van der Waals surface area contributed by atoms with Crippen molar-refractivity contribution in [3.8, 4) is 11.8 Å². The first-order chi connectivity index (χ1) is 6.66. The zero-order valence-electron chi connectivity index (χ0n) is 8.17. The molecule has 0 radical (unpaired) electrons. The first kappa shape index (κ1) is 11.0. The summed E-state index contributed by atoms with van der Waals surface area (Å²) in [7, 11) is 0. The van der Waals surface area contributed by atoms with Crippen molar-refractivity contribution in [3.05, 3.63) is 26.8 Å². The van der Waals surface area contributed by atoms with Crippen molar-refractivity contribution in [2.24, 2.45) is 0 Å². The normalized spacial score (nSPS) is 9.36. The molecule has 0 bridgehead atoms. The van der Waals surface area contributed by atoms with Crippen molar-refractivity contribution in [3.63, 3.8) is 0 Å². The van der Waals surface area contributed by atoms with E-state index in [1.165, 1.54) is 0 Å². The fourth-order valence-corrected chi connectivity index (χ4v) is 1.34. The van der Waals surface area contributed by atoms with E-state index >= 15 is 0 Å². The highest BCUT2D eigenvalue weighted by Crippen LogP contribution is 2.05. The minimum absolute atomic E-state index is 0.0459. The lowest BCUT2D eigenvalue weighted by Gasteiger charge is -2.03. The molecule has 0 aliphatic heterocycles. The molecule has 0 aliphatic rings. The summed E-state index contributed by atoms with van der Waals surface area (Å²) >= 11 is 3.21. The van der Waals surface area contributed by atoms with Crippen LogP contribution in [-0.4, -0.2) is 9.55 Å². The van der Waals surface area contributed by atoms with Crippen LogP contribution in [0.5, 0.6) is 0 Å². The molecular weight excluding hydrogens is 244 g/mol. The van der Waals surface area contributed by atoms with Crippen LogP contribution in [0.15, 0.2) is 15.6 Å². The third-order valence-corrected chi connectivity index (χ3v) is 2.72. The van der Waals surface area contributed by atoms with E-state index in [0.29, 0.717) is 23.1 Å². The Morgan fingerprint density at radius 3 is 3.00 bits per heavy atom. The molecule has 0 spiro atoms. The van der Waals surface area contributed by atoms with Crippen molar-refractivity contribution in [2.45, 2.75) is 26.8 Å². The number of rotatable bonds is 2. The lowest BCUT2D eigenvalue weighted by molar-refractivity contribution is 0.664. The Kier molecular flexibility index (Phi) is 3.90. The molecule has 1 heterocycles. The van der Waals surface area contributed by atoms with E-state index in [-0.39, 0.29) is 5.56 Å². The monoisotopic (exact) mass is 254 g/mol. The van der Waals surface area contributed by atoms with Gasteiger partial charge in [-0.1, -0.05) is 0 Å². The summed E-state index contributed by atoms with van der Waals surface area (Å²) in [6.07, 6.45) is 2.23. The molecule has 0 fully saturated rings. The second kappa shape index (κ2) is 4.97. The fraction of sp³-hybridized carbons (Fsp3) is 0.400. The van der Waals surface area contributed by atoms with Gasteiger partial charge in [0, 0.05) is 13.0 Å². The summed E-state index contributed by atoms with van der Waals surface area (Å²) < 4.78 is 2.09. The number of nitrogens with zero attached hydrogens (tertiary/aromatic N) is 2. The molecule has 0 aliphatic carbocycles. The van der Waals surface area contributed by atoms with Crippen molar-refractivity contribution < 1.29 is 0 Å². The summed E-state index contributed by atoms with van der Waals surface area (Å²) in [5.74, 6) is 5.69. The molecule has 0 saturated carbocycles. The van der Waals surface area contributed by atoms with Crippen molar-refractivity contribution in [2.75, 3.05) is 0 Å². The van der Waals surface area contributed by atoms with Crippen molar-refractivity contribution in [1.82, 2.24) is 9.55 Å². The van der Waals surface area contributed by atoms with Gasteiger partial charge < -0.3 is 0 Å². The predicted molar refractivity (Wildman–Crippen MR) is 59.0 cm³/mol. The average Bonchev–Trinajstić information content (AvgIpc) is 2.18. The first-order valence-corrected chi connectivity index (χ1v) is 5.07. The van der Waals surface area contributed by atoms with Gasteiger partial charge in [0.25, 0.3) is 5.56 Å². The zero-order chi connectivity index (χ0) is 10.6. The maximum atomic E-state index is 11.6. The summed E-state index contributed by atoms with van der Waals surface area (Å²) in [6, 6.07) is 0. The Morgan fingerprint density at radius 1 is 1.64 bits per heavy atom. The molecule has 3 nitrogen and oxygen atoms in total. The van der Waals surface area contributed by atoms with Gasteiger partial charge in [0.05, 0.1) is 12.0 Å². The summed E-state index contributed by atoms with van der Waals surface area (Å²) in [6.45, 7) is 4.17. The number of hydrogen-bond donors (Lipinski definition) is 0.